The minimum absolute atomic E-state index is 0.0810. The highest BCUT2D eigenvalue weighted by Crippen LogP contribution is 2.37. The molecule has 0 spiro atoms. The molecule has 0 radical (unpaired) electrons. The minimum atomic E-state index is -4.44. The largest absolute Gasteiger partial charge is 0.416 e. The van der Waals surface area contributed by atoms with Gasteiger partial charge in [0, 0.05) is 8.95 Å². The molecular weight excluding hydrogens is 413 g/mol. The number of nitrogens with one attached hydrogen (secondary N) is 1. The van der Waals surface area contributed by atoms with Gasteiger partial charge in [0.25, 0.3) is 0 Å². The Morgan fingerprint density at radius 3 is 2.10 bits per heavy atom. The molecule has 0 bridgehead atoms. The van der Waals surface area contributed by atoms with Crippen molar-refractivity contribution in [3.05, 3.63) is 68.1 Å². The lowest BCUT2D eigenvalue weighted by molar-refractivity contribution is -0.138. The number of alkyl halides is 3. The summed E-state index contributed by atoms with van der Waals surface area (Å²) in [5.41, 5.74) is 2.46. The van der Waals surface area contributed by atoms with Gasteiger partial charge >= 0.3 is 6.18 Å². The minimum Gasteiger partial charge on any atom is -0.271 e. The third kappa shape index (κ3) is 3.85. The quantitative estimate of drug-likeness (QED) is 0.550. The molecule has 0 aliphatic carbocycles. The van der Waals surface area contributed by atoms with Crippen LogP contribution in [0.3, 0.4) is 0 Å². The normalized spacial score (nSPS) is 13.2. The first-order valence-corrected chi connectivity index (χ1v) is 7.50. The van der Waals surface area contributed by atoms with Crippen LogP contribution in [-0.2, 0) is 6.18 Å². The summed E-state index contributed by atoms with van der Waals surface area (Å²) in [5.74, 6) is 5.50. The standard InChI is InChI=1S/C14H11Br2F3N2/c15-9-5-8(6-10(16)7-9)13(21-20)11-3-1-2-4-12(11)14(17,18)19/h1-7,13,21H,20H2. The summed E-state index contributed by atoms with van der Waals surface area (Å²) in [6, 6.07) is 9.86. The second-order valence-electron chi connectivity index (χ2n) is 4.39. The van der Waals surface area contributed by atoms with E-state index in [1.807, 2.05) is 0 Å². The van der Waals surface area contributed by atoms with Crippen LogP contribution in [0.1, 0.15) is 22.7 Å². The van der Waals surface area contributed by atoms with Crippen molar-refractivity contribution in [3.63, 3.8) is 0 Å². The molecule has 1 atom stereocenters. The van der Waals surface area contributed by atoms with Gasteiger partial charge < -0.3 is 0 Å². The number of hydrazine groups is 1. The molecule has 7 heteroatoms. The van der Waals surface area contributed by atoms with Gasteiger partial charge in [0.2, 0.25) is 0 Å². The maximum atomic E-state index is 13.1. The van der Waals surface area contributed by atoms with Crippen LogP contribution in [0.4, 0.5) is 13.2 Å². The maximum absolute atomic E-state index is 13.1. The summed E-state index contributed by atoms with van der Waals surface area (Å²) < 4.78 is 40.9. The first-order valence-electron chi connectivity index (χ1n) is 5.91. The van der Waals surface area contributed by atoms with E-state index in [0.717, 1.165) is 15.0 Å². The van der Waals surface area contributed by atoms with E-state index in [2.05, 4.69) is 37.3 Å². The van der Waals surface area contributed by atoms with E-state index in [1.165, 1.54) is 12.1 Å². The molecule has 2 aromatic rings. The van der Waals surface area contributed by atoms with Crippen LogP contribution in [0, 0.1) is 0 Å². The summed E-state index contributed by atoms with van der Waals surface area (Å²) in [7, 11) is 0. The molecule has 0 saturated carbocycles. The van der Waals surface area contributed by atoms with Gasteiger partial charge in [0.1, 0.15) is 0 Å². The van der Waals surface area contributed by atoms with Crippen LogP contribution in [0.25, 0.3) is 0 Å². The van der Waals surface area contributed by atoms with Gasteiger partial charge in [0.05, 0.1) is 11.6 Å². The molecule has 1 unspecified atom stereocenters. The summed E-state index contributed by atoms with van der Waals surface area (Å²) in [6.07, 6.45) is -4.44. The highest BCUT2D eigenvalue weighted by Gasteiger charge is 2.35. The molecule has 0 heterocycles. The predicted molar refractivity (Wildman–Crippen MR) is 82.5 cm³/mol. The average Bonchev–Trinajstić information content (AvgIpc) is 2.38. The van der Waals surface area contributed by atoms with Gasteiger partial charge in [-0.25, -0.2) is 5.43 Å². The van der Waals surface area contributed by atoms with E-state index in [0.29, 0.717) is 5.56 Å². The Bertz CT molecular complexity index is 624. The Labute approximate surface area is 136 Å². The molecule has 0 amide bonds. The molecule has 0 aliphatic rings. The van der Waals surface area contributed by atoms with E-state index in [4.69, 9.17) is 5.84 Å². The van der Waals surface area contributed by atoms with E-state index < -0.39 is 17.8 Å². The van der Waals surface area contributed by atoms with E-state index in [1.54, 1.807) is 24.3 Å². The second-order valence-corrected chi connectivity index (χ2v) is 6.22. The molecule has 0 fully saturated rings. The SMILES string of the molecule is NNC(c1cc(Br)cc(Br)c1)c1ccccc1C(F)(F)F. The molecule has 0 aliphatic heterocycles. The topological polar surface area (TPSA) is 38.0 Å². The first kappa shape index (κ1) is 16.5. The zero-order valence-electron chi connectivity index (χ0n) is 10.6. The molecule has 0 aromatic heterocycles. The van der Waals surface area contributed by atoms with Crippen LogP contribution < -0.4 is 11.3 Å². The summed E-state index contributed by atoms with van der Waals surface area (Å²) in [6.45, 7) is 0. The highest BCUT2D eigenvalue weighted by molar-refractivity contribution is 9.11. The fourth-order valence-electron chi connectivity index (χ4n) is 2.11. The van der Waals surface area contributed by atoms with Crippen molar-refractivity contribution < 1.29 is 13.2 Å². The number of benzene rings is 2. The predicted octanol–water partition coefficient (Wildman–Crippen LogP) is 4.78. The van der Waals surface area contributed by atoms with Gasteiger partial charge in [-0.15, -0.1) is 0 Å². The number of halogens is 5. The zero-order chi connectivity index (χ0) is 15.6. The number of hydrogen-bond acceptors (Lipinski definition) is 2. The molecule has 2 rings (SSSR count). The lowest BCUT2D eigenvalue weighted by Crippen LogP contribution is -2.30. The molecule has 3 N–H and O–H groups in total. The first-order chi connectivity index (χ1) is 9.82. The van der Waals surface area contributed by atoms with Crippen LogP contribution in [-0.4, -0.2) is 0 Å². The molecule has 21 heavy (non-hydrogen) atoms. The van der Waals surface area contributed by atoms with Crippen molar-refractivity contribution in [1.82, 2.24) is 5.43 Å². The fraction of sp³-hybridized carbons (Fsp3) is 0.143. The van der Waals surface area contributed by atoms with Crippen molar-refractivity contribution in [2.24, 2.45) is 5.84 Å². The van der Waals surface area contributed by atoms with Gasteiger partial charge in [-0.2, -0.15) is 13.2 Å². The summed E-state index contributed by atoms with van der Waals surface area (Å²) in [4.78, 5) is 0. The Hall–Kier alpha value is -0.890. The van der Waals surface area contributed by atoms with Gasteiger partial charge in [-0.1, -0.05) is 50.1 Å². The van der Waals surface area contributed by atoms with Crippen molar-refractivity contribution in [1.29, 1.82) is 0 Å². The number of hydrogen-bond donors (Lipinski definition) is 2. The molecular formula is C14H11Br2F3N2. The van der Waals surface area contributed by atoms with Gasteiger partial charge in [-0.05, 0) is 35.4 Å². The van der Waals surface area contributed by atoms with Crippen molar-refractivity contribution in [2.75, 3.05) is 0 Å². The monoisotopic (exact) mass is 422 g/mol. The Balaban J connectivity index is 2.57. The van der Waals surface area contributed by atoms with Crippen molar-refractivity contribution in [3.8, 4) is 0 Å². The zero-order valence-corrected chi connectivity index (χ0v) is 13.8. The lowest BCUT2D eigenvalue weighted by atomic mass is 9.94. The van der Waals surface area contributed by atoms with Gasteiger partial charge in [-0.3, -0.25) is 5.84 Å². The van der Waals surface area contributed by atoms with Crippen LogP contribution in [0.5, 0.6) is 0 Å². The Kier molecular flexibility index (Phi) is 5.08. The van der Waals surface area contributed by atoms with E-state index in [9.17, 15) is 13.2 Å². The molecule has 2 nitrogen and oxygen atoms in total. The molecule has 0 saturated heterocycles. The molecule has 112 valence electrons. The van der Waals surface area contributed by atoms with Crippen LogP contribution in [0.2, 0.25) is 0 Å². The average molecular weight is 424 g/mol. The Morgan fingerprint density at radius 1 is 1.00 bits per heavy atom. The summed E-state index contributed by atoms with van der Waals surface area (Å²) in [5, 5.41) is 0. The highest BCUT2D eigenvalue weighted by atomic mass is 79.9. The van der Waals surface area contributed by atoms with E-state index >= 15 is 0 Å². The van der Waals surface area contributed by atoms with Crippen molar-refractivity contribution >= 4 is 31.9 Å². The van der Waals surface area contributed by atoms with Crippen molar-refractivity contribution in [2.45, 2.75) is 12.2 Å². The smallest absolute Gasteiger partial charge is 0.271 e. The second kappa shape index (κ2) is 6.48. The van der Waals surface area contributed by atoms with Crippen LogP contribution >= 0.6 is 31.9 Å². The fourth-order valence-corrected chi connectivity index (χ4v) is 3.44. The number of rotatable bonds is 3. The van der Waals surface area contributed by atoms with E-state index in [-0.39, 0.29) is 5.56 Å². The lowest BCUT2D eigenvalue weighted by Gasteiger charge is -2.22. The number of nitrogens with two attached hydrogens (primary N) is 1. The summed E-state index contributed by atoms with van der Waals surface area (Å²) >= 11 is 6.64. The van der Waals surface area contributed by atoms with Crippen LogP contribution in [0.15, 0.2) is 51.4 Å². The third-order valence-corrected chi connectivity index (χ3v) is 3.88. The van der Waals surface area contributed by atoms with Gasteiger partial charge in [0.15, 0.2) is 0 Å². The Morgan fingerprint density at radius 2 is 1.57 bits per heavy atom. The molecule has 2 aromatic carbocycles. The maximum Gasteiger partial charge on any atom is 0.416 e. The third-order valence-electron chi connectivity index (χ3n) is 2.96.